The van der Waals surface area contributed by atoms with E-state index in [0.717, 1.165) is 37.1 Å². The van der Waals surface area contributed by atoms with Crippen LogP contribution in [0, 0.1) is 6.92 Å². The summed E-state index contributed by atoms with van der Waals surface area (Å²) in [6.07, 6.45) is 9.43. The van der Waals surface area contributed by atoms with E-state index in [9.17, 15) is 9.59 Å². The van der Waals surface area contributed by atoms with E-state index in [1.54, 1.807) is 18.3 Å². The predicted molar refractivity (Wildman–Crippen MR) is 168 cm³/mol. The molecule has 7 nitrogen and oxygen atoms in total. The van der Waals surface area contributed by atoms with E-state index >= 15 is 0 Å². The number of hydrogen-bond acceptors (Lipinski definition) is 5. The van der Waals surface area contributed by atoms with Crippen molar-refractivity contribution in [3.05, 3.63) is 95.6 Å². The lowest BCUT2D eigenvalue weighted by Gasteiger charge is -2.45. The Hall–Kier alpha value is -3.84. The van der Waals surface area contributed by atoms with Crippen LogP contribution in [0.5, 0.6) is 0 Å². The Morgan fingerprint density at radius 1 is 0.884 bits per heavy atom. The zero-order chi connectivity index (χ0) is 29.6. The third-order valence-electron chi connectivity index (χ3n) is 10.6. The molecule has 2 aromatic carbocycles. The largest absolute Gasteiger partial charge is 0.339 e. The molecule has 3 aliphatic rings. The van der Waals surface area contributed by atoms with Crippen molar-refractivity contribution >= 4 is 22.7 Å². The maximum absolute atomic E-state index is 13.5. The lowest BCUT2D eigenvalue weighted by atomic mass is 9.70. The number of carbonyl (C=O) groups excluding carboxylic acids is 2. The normalized spacial score (nSPS) is 23.5. The first-order valence-corrected chi connectivity index (χ1v) is 15.9. The second-order valence-corrected chi connectivity index (χ2v) is 12.9. The van der Waals surface area contributed by atoms with Gasteiger partial charge in [0.1, 0.15) is 11.5 Å². The van der Waals surface area contributed by atoms with E-state index in [1.807, 2.05) is 4.90 Å². The number of piperidine rings is 2. The number of rotatable bonds is 7. The van der Waals surface area contributed by atoms with E-state index in [4.69, 9.17) is 4.98 Å². The van der Waals surface area contributed by atoms with Crippen LogP contribution in [0.15, 0.2) is 72.9 Å². The minimum Gasteiger partial charge on any atom is -0.339 e. The first-order valence-electron chi connectivity index (χ1n) is 15.9. The lowest BCUT2D eigenvalue weighted by Crippen LogP contribution is -2.49. The van der Waals surface area contributed by atoms with Gasteiger partial charge in [-0.2, -0.15) is 0 Å². The van der Waals surface area contributed by atoms with Gasteiger partial charge >= 0.3 is 0 Å². The van der Waals surface area contributed by atoms with E-state index in [-0.39, 0.29) is 22.8 Å². The number of aromatic nitrogens is 3. The Kier molecular flexibility index (Phi) is 7.38. The number of nitrogens with zero attached hydrogens (tertiary/aromatic N) is 5. The van der Waals surface area contributed by atoms with Crippen LogP contribution in [-0.2, 0) is 5.41 Å². The molecule has 0 spiro atoms. The Balaban J connectivity index is 1.07. The molecule has 222 valence electrons. The highest BCUT2D eigenvalue weighted by atomic mass is 16.2. The lowest BCUT2D eigenvalue weighted by molar-refractivity contribution is 0.0603. The Labute approximate surface area is 253 Å². The van der Waals surface area contributed by atoms with Crippen LogP contribution in [0.25, 0.3) is 11.0 Å². The molecule has 43 heavy (non-hydrogen) atoms. The van der Waals surface area contributed by atoms with Crippen LogP contribution in [0.4, 0.5) is 0 Å². The summed E-state index contributed by atoms with van der Waals surface area (Å²) in [6.45, 7) is 6.09. The molecule has 3 aliphatic heterocycles. The number of imidazole rings is 1. The number of Topliss-reactive ketones (excluding diaryl/α,β-unsaturated/α-hetero) is 1. The van der Waals surface area contributed by atoms with Gasteiger partial charge in [0.25, 0.3) is 5.91 Å². The van der Waals surface area contributed by atoms with Gasteiger partial charge in [-0.05, 0) is 93.7 Å². The molecule has 1 amide bonds. The molecule has 7 heteroatoms. The Bertz CT molecular complexity index is 1620. The monoisotopic (exact) mass is 575 g/mol. The second-order valence-electron chi connectivity index (χ2n) is 12.9. The zero-order valence-electron chi connectivity index (χ0n) is 25.3. The highest BCUT2D eigenvalue weighted by Gasteiger charge is 2.44. The molecular weight excluding hydrogens is 534 g/mol. The fourth-order valence-electron chi connectivity index (χ4n) is 8.43. The minimum absolute atomic E-state index is 0.0316. The highest BCUT2D eigenvalue weighted by molar-refractivity contribution is 6.05. The number of ketones is 1. The molecule has 3 fully saturated rings. The van der Waals surface area contributed by atoms with Gasteiger partial charge in [-0.15, -0.1) is 0 Å². The molecule has 2 aromatic heterocycles. The van der Waals surface area contributed by atoms with E-state index in [0.29, 0.717) is 36.8 Å². The maximum atomic E-state index is 13.5. The fraction of sp³-hybridized carbons (Fsp3) is 0.444. The summed E-state index contributed by atoms with van der Waals surface area (Å²) >= 11 is 0. The first-order chi connectivity index (χ1) is 20.9. The molecule has 0 radical (unpaired) electrons. The van der Waals surface area contributed by atoms with Gasteiger partial charge in [0.2, 0.25) is 0 Å². The van der Waals surface area contributed by atoms with Crippen molar-refractivity contribution in [2.24, 2.45) is 0 Å². The summed E-state index contributed by atoms with van der Waals surface area (Å²) < 4.78 is 2.51. The van der Waals surface area contributed by atoms with Crippen LogP contribution in [0.1, 0.15) is 90.1 Å². The van der Waals surface area contributed by atoms with Crippen molar-refractivity contribution < 1.29 is 9.59 Å². The molecule has 3 saturated heterocycles. The van der Waals surface area contributed by atoms with Crippen molar-refractivity contribution in [2.75, 3.05) is 19.6 Å². The molecular formula is C36H41N5O2. The SMILES string of the molecule is CC(=O)c1ncccc1C(=O)N1CCC(CCN2[C@@H]3CC[C@H]2CC(n2c(C)nc4ccccc42)C3)(c2ccccc2)CC1. The summed E-state index contributed by atoms with van der Waals surface area (Å²) in [4.78, 5) is 39.5. The van der Waals surface area contributed by atoms with Crippen molar-refractivity contribution in [3.8, 4) is 0 Å². The number of aryl methyl sites for hydroxylation is 1. The van der Waals surface area contributed by atoms with Gasteiger partial charge < -0.3 is 9.47 Å². The molecule has 0 aliphatic carbocycles. The minimum atomic E-state index is -0.172. The van der Waals surface area contributed by atoms with E-state index in [1.165, 1.54) is 43.7 Å². The molecule has 4 aromatic rings. The number of amides is 1. The third-order valence-corrected chi connectivity index (χ3v) is 10.6. The van der Waals surface area contributed by atoms with Gasteiger partial charge in [-0.3, -0.25) is 19.5 Å². The van der Waals surface area contributed by atoms with Crippen LogP contribution < -0.4 is 0 Å². The standard InChI is InChI=1S/C36H41N5O2/c1-25(42)34-31(11-8-19-37-34)35(43)39-20-16-36(17-21-39,27-9-4-3-5-10-27)18-22-40-28-14-15-29(40)24-30(23-28)41-26(2)38-32-12-6-7-13-33(32)41/h3-13,19,28-30H,14-18,20-24H2,1-2H3/t28-,29+,30?. The summed E-state index contributed by atoms with van der Waals surface area (Å²) in [5, 5.41) is 0. The summed E-state index contributed by atoms with van der Waals surface area (Å²) in [5.41, 5.74) is 4.47. The summed E-state index contributed by atoms with van der Waals surface area (Å²) in [6, 6.07) is 24.7. The van der Waals surface area contributed by atoms with Crippen LogP contribution in [0.2, 0.25) is 0 Å². The number of hydrogen-bond donors (Lipinski definition) is 0. The van der Waals surface area contributed by atoms with Crippen LogP contribution in [0.3, 0.4) is 0 Å². The quantitative estimate of drug-likeness (QED) is 0.239. The van der Waals surface area contributed by atoms with Crippen molar-refractivity contribution in [2.45, 2.75) is 82.3 Å². The zero-order valence-corrected chi connectivity index (χ0v) is 25.3. The van der Waals surface area contributed by atoms with Gasteiger partial charge in [0.05, 0.1) is 16.6 Å². The summed E-state index contributed by atoms with van der Waals surface area (Å²) in [7, 11) is 0. The molecule has 5 heterocycles. The molecule has 2 bridgehead atoms. The summed E-state index contributed by atoms with van der Waals surface area (Å²) in [5.74, 6) is 0.877. The second kappa shape index (κ2) is 11.3. The van der Waals surface area contributed by atoms with Crippen LogP contribution in [-0.4, -0.2) is 67.7 Å². The predicted octanol–water partition coefficient (Wildman–Crippen LogP) is 6.37. The highest BCUT2D eigenvalue weighted by Crippen LogP contribution is 2.45. The van der Waals surface area contributed by atoms with E-state index < -0.39 is 0 Å². The first kappa shape index (κ1) is 28.0. The smallest absolute Gasteiger partial charge is 0.256 e. The molecule has 1 unspecified atom stereocenters. The number of para-hydroxylation sites is 2. The molecule has 0 N–H and O–H groups in total. The third kappa shape index (κ3) is 5.07. The number of fused-ring (bicyclic) bond motifs is 3. The number of benzene rings is 2. The number of likely N-dealkylation sites (tertiary alicyclic amines) is 1. The van der Waals surface area contributed by atoms with Crippen molar-refractivity contribution in [3.63, 3.8) is 0 Å². The van der Waals surface area contributed by atoms with Gasteiger partial charge in [0, 0.05) is 44.3 Å². The molecule has 3 atom stereocenters. The van der Waals surface area contributed by atoms with E-state index in [2.05, 4.69) is 76.0 Å². The maximum Gasteiger partial charge on any atom is 0.256 e. The average molecular weight is 576 g/mol. The Morgan fingerprint density at radius 2 is 1.58 bits per heavy atom. The van der Waals surface area contributed by atoms with Gasteiger partial charge in [-0.25, -0.2) is 4.98 Å². The number of pyridine rings is 1. The molecule has 7 rings (SSSR count). The average Bonchev–Trinajstić information content (AvgIpc) is 3.50. The number of carbonyl (C=O) groups is 2. The molecule has 0 saturated carbocycles. The van der Waals surface area contributed by atoms with Crippen molar-refractivity contribution in [1.29, 1.82) is 0 Å². The Morgan fingerprint density at radius 3 is 2.30 bits per heavy atom. The van der Waals surface area contributed by atoms with Gasteiger partial charge in [0.15, 0.2) is 5.78 Å². The topological polar surface area (TPSA) is 71.3 Å². The van der Waals surface area contributed by atoms with Gasteiger partial charge in [-0.1, -0.05) is 42.5 Å². The fourth-order valence-corrected chi connectivity index (χ4v) is 8.43. The van der Waals surface area contributed by atoms with Crippen molar-refractivity contribution in [1.82, 2.24) is 24.3 Å². The van der Waals surface area contributed by atoms with Crippen LogP contribution >= 0.6 is 0 Å².